The molecule has 1 saturated heterocycles. The highest BCUT2D eigenvalue weighted by Gasteiger charge is 2.46. The van der Waals surface area contributed by atoms with Crippen molar-refractivity contribution in [1.29, 1.82) is 0 Å². The van der Waals surface area contributed by atoms with E-state index in [1.165, 1.54) is 32.3 Å². The molecule has 3 rings (SSSR count). The van der Waals surface area contributed by atoms with Crippen LogP contribution in [0.25, 0.3) is 0 Å². The largest absolute Gasteiger partial charge is 0.438 e. The standard InChI is InChI=1S/C17H14ClN5O5/c1-22-15(25)13(16(26)23(2)17(22)27)14(24)19-9-3-5-10(6-4-9)28-12-8-7-11(18)20-21-12/h3-8,13H,1-2H3,(H,19,24). The zero-order valence-electron chi connectivity index (χ0n) is 14.7. The van der Waals surface area contributed by atoms with Gasteiger partial charge in [-0.3, -0.25) is 24.2 Å². The normalized spacial score (nSPS) is 15.0. The minimum atomic E-state index is -1.63. The molecule has 0 spiro atoms. The Morgan fingerprint density at radius 2 is 1.61 bits per heavy atom. The van der Waals surface area contributed by atoms with Crippen LogP contribution >= 0.6 is 11.6 Å². The Balaban J connectivity index is 1.68. The van der Waals surface area contributed by atoms with Gasteiger partial charge in [0.05, 0.1) is 0 Å². The first-order valence-electron chi connectivity index (χ1n) is 7.95. The molecule has 11 heteroatoms. The van der Waals surface area contributed by atoms with Gasteiger partial charge in [0.2, 0.25) is 11.8 Å². The van der Waals surface area contributed by atoms with Crippen LogP contribution in [0.3, 0.4) is 0 Å². The molecular weight excluding hydrogens is 390 g/mol. The summed E-state index contributed by atoms with van der Waals surface area (Å²) < 4.78 is 5.48. The van der Waals surface area contributed by atoms with E-state index in [0.717, 1.165) is 9.80 Å². The van der Waals surface area contributed by atoms with Crippen LogP contribution in [0.1, 0.15) is 0 Å². The molecule has 1 aliphatic heterocycles. The predicted molar refractivity (Wildman–Crippen MR) is 96.6 cm³/mol. The first kappa shape index (κ1) is 19.2. The molecule has 1 N–H and O–H groups in total. The number of aromatic nitrogens is 2. The van der Waals surface area contributed by atoms with Gasteiger partial charge in [-0.15, -0.1) is 10.2 Å². The molecule has 0 radical (unpaired) electrons. The molecule has 0 aliphatic carbocycles. The molecular formula is C17H14ClN5O5. The van der Waals surface area contributed by atoms with Crippen LogP contribution < -0.4 is 10.1 Å². The van der Waals surface area contributed by atoms with Crippen LogP contribution in [-0.2, 0) is 14.4 Å². The first-order valence-corrected chi connectivity index (χ1v) is 8.33. The van der Waals surface area contributed by atoms with Gasteiger partial charge in [0.15, 0.2) is 11.1 Å². The van der Waals surface area contributed by atoms with Gasteiger partial charge in [0.25, 0.3) is 11.8 Å². The van der Waals surface area contributed by atoms with Gasteiger partial charge < -0.3 is 10.1 Å². The van der Waals surface area contributed by atoms with E-state index in [2.05, 4.69) is 15.5 Å². The van der Waals surface area contributed by atoms with Gasteiger partial charge in [-0.05, 0) is 30.3 Å². The van der Waals surface area contributed by atoms with E-state index in [0.29, 0.717) is 11.4 Å². The summed E-state index contributed by atoms with van der Waals surface area (Å²) in [6.07, 6.45) is 0. The van der Waals surface area contributed by atoms with Crippen LogP contribution in [0.5, 0.6) is 11.6 Å². The maximum Gasteiger partial charge on any atom is 0.332 e. The number of carbonyl (C=O) groups excluding carboxylic acids is 4. The number of halogens is 1. The average molecular weight is 404 g/mol. The van der Waals surface area contributed by atoms with E-state index in [4.69, 9.17) is 16.3 Å². The van der Waals surface area contributed by atoms with E-state index in [1.807, 2.05) is 0 Å². The lowest BCUT2D eigenvalue weighted by Crippen LogP contribution is -2.59. The number of ether oxygens (including phenoxy) is 1. The zero-order valence-corrected chi connectivity index (χ0v) is 15.5. The quantitative estimate of drug-likeness (QED) is 0.768. The van der Waals surface area contributed by atoms with E-state index in [1.54, 1.807) is 18.2 Å². The van der Waals surface area contributed by atoms with Gasteiger partial charge in [-0.2, -0.15) is 0 Å². The van der Waals surface area contributed by atoms with E-state index < -0.39 is 29.7 Å². The highest BCUT2D eigenvalue weighted by Crippen LogP contribution is 2.23. The molecule has 1 aromatic carbocycles. The molecule has 1 aromatic heterocycles. The second kappa shape index (κ2) is 7.61. The number of barbiturate groups is 1. The Morgan fingerprint density at radius 1 is 1.00 bits per heavy atom. The molecule has 0 saturated carbocycles. The first-order chi connectivity index (χ1) is 13.3. The van der Waals surface area contributed by atoms with Crippen molar-refractivity contribution in [3.05, 3.63) is 41.6 Å². The molecule has 10 nitrogen and oxygen atoms in total. The molecule has 0 bridgehead atoms. The third-order valence-corrected chi connectivity index (χ3v) is 4.14. The monoisotopic (exact) mass is 403 g/mol. The van der Waals surface area contributed by atoms with E-state index in [9.17, 15) is 19.2 Å². The highest BCUT2D eigenvalue weighted by atomic mass is 35.5. The summed E-state index contributed by atoms with van der Waals surface area (Å²) in [6, 6.07) is 8.43. The highest BCUT2D eigenvalue weighted by molar-refractivity contribution is 6.29. The van der Waals surface area contributed by atoms with E-state index in [-0.39, 0.29) is 11.0 Å². The molecule has 2 aromatic rings. The fourth-order valence-corrected chi connectivity index (χ4v) is 2.53. The number of benzene rings is 1. The summed E-state index contributed by atoms with van der Waals surface area (Å²) in [4.78, 5) is 49.9. The molecule has 0 unspecified atom stereocenters. The fraction of sp³-hybridized carbons (Fsp3) is 0.176. The van der Waals surface area contributed by atoms with Gasteiger partial charge in [-0.25, -0.2) is 4.79 Å². The minimum absolute atomic E-state index is 0.232. The lowest BCUT2D eigenvalue weighted by molar-refractivity contribution is -0.151. The van der Waals surface area contributed by atoms with Crippen molar-refractivity contribution >= 4 is 41.0 Å². The second-order valence-electron chi connectivity index (χ2n) is 5.82. The van der Waals surface area contributed by atoms with Crippen molar-refractivity contribution < 1.29 is 23.9 Å². The maximum absolute atomic E-state index is 12.4. The number of nitrogens with one attached hydrogen (secondary N) is 1. The predicted octanol–water partition coefficient (Wildman–Crippen LogP) is 1.53. The summed E-state index contributed by atoms with van der Waals surface area (Å²) in [7, 11) is 2.42. The zero-order chi connectivity index (χ0) is 20.4. The number of rotatable bonds is 4. The number of amides is 5. The van der Waals surface area contributed by atoms with Crippen molar-refractivity contribution in [2.24, 2.45) is 5.92 Å². The van der Waals surface area contributed by atoms with Crippen LogP contribution in [0.15, 0.2) is 36.4 Å². The number of hydrogen-bond donors (Lipinski definition) is 1. The van der Waals surface area contributed by atoms with Gasteiger partial charge in [-0.1, -0.05) is 11.6 Å². The van der Waals surface area contributed by atoms with Crippen LogP contribution in [0, 0.1) is 5.92 Å². The summed E-state index contributed by atoms with van der Waals surface area (Å²) in [6.45, 7) is 0. The van der Waals surface area contributed by atoms with Crippen LogP contribution in [0.4, 0.5) is 10.5 Å². The summed E-state index contributed by atoms with van der Waals surface area (Å²) in [5, 5.41) is 10.1. The third-order valence-electron chi connectivity index (χ3n) is 3.94. The molecule has 0 atom stereocenters. The van der Waals surface area contributed by atoms with Gasteiger partial charge in [0.1, 0.15) is 5.75 Å². The molecule has 144 valence electrons. The molecule has 1 fully saturated rings. The fourth-order valence-electron chi connectivity index (χ4n) is 2.43. The van der Waals surface area contributed by atoms with Gasteiger partial charge in [0, 0.05) is 25.8 Å². The van der Waals surface area contributed by atoms with Crippen molar-refractivity contribution in [1.82, 2.24) is 20.0 Å². The lowest BCUT2D eigenvalue weighted by Gasteiger charge is -2.32. The molecule has 2 heterocycles. The Morgan fingerprint density at radius 3 is 2.14 bits per heavy atom. The SMILES string of the molecule is CN1C(=O)C(C(=O)Nc2ccc(Oc3ccc(Cl)nn3)cc2)C(=O)N(C)C1=O. The number of hydrogen-bond acceptors (Lipinski definition) is 7. The number of urea groups is 1. The van der Waals surface area contributed by atoms with Crippen molar-refractivity contribution in [3.63, 3.8) is 0 Å². The minimum Gasteiger partial charge on any atom is -0.438 e. The Bertz CT molecular complexity index is 923. The number of carbonyl (C=O) groups is 4. The Labute approximate surface area is 164 Å². The topological polar surface area (TPSA) is 122 Å². The Hall–Kier alpha value is -3.53. The van der Waals surface area contributed by atoms with E-state index >= 15 is 0 Å². The second-order valence-corrected chi connectivity index (χ2v) is 6.21. The summed E-state index contributed by atoms with van der Waals surface area (Å²) in [5.41, 5.74) is 0.336. The molecule has 28 heavy (non-hydrogen) atoms. The van der Waals surface area contributed by atoms with Gasteiger partial charge >= 0.3 is 6.03 Å². The average Bonchev–Trinajstić information content (AvgIpc) is 2.68. The van der Waals surface area contributed by atoms with Crippen LogP contribution in [-0.4, -0.2) is 57.8 Å². The van der Waals surface area contributed by atoms with Crippen molar-refractivity contribution in [3.8, 4) is 11.6 Å². The lowest BCUT2D eigenvalue weighted by atomic mass is 10.0. The summed E-state index contributed by atoms with van der Waals surface area (Å²) >= 11 is 5.65. The number of imide groups is 2. The summed E-state index contributed by atoms with van der Waals surface area (Å²) in [5.74, 6) is -3.58. The van der Waals surface area contributed by atoms with Crippen molar-refractivity contribution in [2.45, 2.75) is 0 Å². The maximum atomic E-state index is 12.4. The smallest absolute Gasteiger partial charge is 0.332 e. The number of nitrogens with zero attached hydrogens (tertiary/aromatic N) is 4. The van der Waals surface area contributed by atoms with Crippen molar-refractivity contribution in [2.75, 3.05) is 19.4 Å². The molecule has 5 amide bonds. The molecule has 1 aliphatic rings. The third kappa shape index (κ3) is 3.76. The Kier molecular flexibility index (Phi) is 5.23. The van der Waals surface area contributed by atoms with Crippen LogP contribution in [0.2, 0.25) is 5.15 Å². The number of anilines is 1.